The van der Waals surface area contributed by atoms with E-state index >= 15 is 0 Å². The number of benzene rings is 1. The molecule has 1 fully saturated rings. The average molecular weight is 268 g/mol. The van der Waals surface area contributed by atoms with Gasteiger partial charge in [0.1, 0.15) is 0 Å². The molecular weight excluding hydrogens is 244 g/mol. The van der Waals surface area contributed by atoms with Crippen LogP contribution in [0.1, 0.15) is 39.5 Å². The second-order valence-corrected chi connectivity index (χ2v) is 6.43. The van der Waals surface area contributed by atoms with E-state index in [-0.39, 0.29) is 0 Å². The van der Waals surface area contributed by atoms with Crippen molar-refractivity contribution in [2.75, 3.05) is 5.32 Å². The van der Waals surface area contributed by atoms with Gasteiger partial charge < -0.3 is 5.32 Å². The highest BCUT2D eigenvalue weighted by molar-refractivity contribution is 5.81. The molecule has 1 saturated carbocycles. The van der Waals surface area contributed by atoms with E-state index < -0.39 is 0 Å². The molecule has 0 radical (unpaired) electrons. The fourth-order valence-electron chi connectivity index (χ4n) is 3.35. The van der Waals surface area contributed by atoms with Crippen LogP contribution >= 0.6 is 0 Å². The molecule has 0 bridgehead atoms. The summed E-state index contributed by atoms with van der Waals surface area (Å²) in [7, 11) is 0. The zero-order valence-corrected chi connectivity index (χ0v) is 12.5. The SMILES string of the molecule is CC(C)C1CCCC(Nc2cnc3ccccc3c2)C1. The Labute approximate surface area is 121 Å². The van der Waals surface area contributed by atoms with Gasteiger partial charge in [0, 0.05) is 11.4 Å². The van der Waals surface area contributed by atoms with E-state index in [1.165, 1.54) is 31.1 Å². The van der Waals surface area contributed by atoms with Crippen molar-refractivity contribution >= 4 is 16.6 Å². The van der Waals surface area contributed by atoms with Crippen LogP contribution in [0.2, 0.25) is 0 Å². The smallest absolute Gasteiger partial charge is 0.0703 e. The molecular formula is C18H24N2. The molecule has 20 heavy (non-hydrogen) atoms. The third-order valence-electron chi connectivity index (χ3n) is 4.62. The second-order valence-electron chi connectivity index (χ2n) is 6.43. The Bertz CT molecular complexity index is 576. The molecule has 1 aliphatic rings. The molecule has 1 heterocycles. The lowest BCUT2D eigenvalue weighted by atomic mass is 9.79. The van der Waals surface area contributed by atoms with Crippen LogP contribution in [0.5, 0.6) is 0 Å². The van der Waals surface area contributed by atoms with Crippen LogP contribution in [0.4, 0.5) is 5.69 Å². The Kier molecular flexibility index (Phi) is 3.90. The maximum atomic E-state index is 4.54. The average Bonchev–Trinajstić information content (AvgIpc) is 2.47. The predicted octanol–water partition coefficient (Wildman–Crippen LogP) is 4.86. The number of para-hydroxylation sites is 1. The fraction of sp³-hybridized carbons (Fsp3) is 0.500. The van der Waals surface area contributed by atoms with Crippen molar-refractivity contribution in [1.82, 2.24) is 4.98 Å². The Balaban J connectivity index is 1.72. The standard InChI is InChI=1S/C18H24N2/c1-13(2)14-7-5-8-16(10-14)20-17-11-15-6-3-4-9-18(15)19-12-17/h3-4,6,9,11-14,16,20H,5,7-8,10H2,1-2H3. The highest BCUT2D eigenvalue weighted by atomic mass is 14.9. The van der Waals surface area contributed by atoms with Gasteiger partial charge in [-0.3, -0.25) is 4.98 Å². The molecule has 0 amide bonds. The van der Waals surface area contributed by atoms with Gasteiger partial charge >= 0.3 is 0 Å². The van der Waals surface area contributed by atoms with Gasteiger partial charge in [-0.25, -0.2) is 0 Å². The Morgan fingerprint density at radius 2 is 2.05 bits per heavy atom. The molecule has 0 saturated heterocycles. The van der Waals surface area contributed by atoms with Crippen LogP contribution in [0, 0.1) is 11.8 Å². The molecule has 2 heteroatoms. The van der Waals surface area contributed by atoms with Crippen LogP contribution in [0.3, 0.4) is 0 Å². The van der Waals surface area contributed by atoms with E-state index in [0.717, 1.165) is 23.0 Å². The molecule has 2 atom stereocenters. The Morgan fingerprint density at radius 3 is 2.90 bits per heavy atom. The van der Waals surface area contributed by atoms with Crippen LogP contribution in [-0.2, 0) is 0 Å². The number of pyridine rings is 1. The number of anilines is 1. The van der Waals surface area contributed by atoms with Crippen LogP contribution < -0.4 is 5.32 Å². The minimum atomic E-state index is 0.610. The summed E-state index contributed by atoms with van der Waals surface area (Å²) in [5.41, 5.74) is 2.24. The summed E-state index contributed by atoms with van der Waals surface area (Å²) in [6.45, 7) is 4.70. The van der Waals surface area contributed by atoms with E-state index in [1.807, 2.05) is 12.3 Å². The second kappa shape index (κ2) is 5.82. The van der Waals surface area contributed by atoms with Crippen molar-refractivity contribution in [2.45, 2.75) is 45.6 Å². The summed E-state index contributed by atoms with van der Waals surface area (Å²) in [5, 5.41) is 4.91. The largest absolute Gasteiger partial charge is 0.381 e. The molecule has 0 spiro atoms. The molecule has 1 N–H and O–H groups in total. The molecule has 106 valence electrons. The number of hydrogen-bond acceptors (Lipinski definition) is 2. The summed E-state index contributed by atoms with van der Waals surface area (Å²) >= 11 is 0. The minimum Gasteiger partial charge on any atom is -0.381 e. The third kappa shape index (κ3) is 2.95. The van der Waals surface area contributed by atoms with Crippen LogP contribution in [-0.4, -0.2) is 11.0 Å². The van der Waals surface area contributed by atoms with Crippen molar-refractivity contribution in [3.8, 4) is 0 Å². The maximum absolute atomic E-state index is 4.54. The zero-order valence-electron chi connectivity index (χ0n) is 12.5. The number of aromatic nitrogens is 1. The van der Waals surface area contributed by atoms with E-state index in [9.17, 15) is 0 Å². The van der Waals surface area contributed by atoms with Gasteiger partial charge in [-0.1, -0.05) is 44.9 Å². The van der Waals surface area contributed by atoms with E-state index in [2.05, 4.69) is 48.4 Å². The number of nitrogens with zero attached hydrogens (tertiary/aromatic N) is 1. The van der Waals surface area contributed by atoms with Gasteiger partial charge in [0.05, 0.1) is 17.4 Å². The van der Waals surface area contributed by atoms with Crippen molar-refractivity contribution in [3.63, 3.8) is 0 Å². The van der Waals surface area contributed by atoms with E-state index in [0.29, 0.717) is 6.04 Å². The molecule has 0 aliphatic heterocycles. The Hall–Kier alpha value is -1.57. The summed E-state index contributed by atoms with van der Waals surface area (Å²) in [4.78, 5) is 4.54. The first-order valence-corrected chi connectivity index (χ1v) is 7.83. The van der Waals surface area contributed by atoms with Crippen LogP contribution in [0.15, 0.2) is 36.5 Å². The lowest BCUT2D eigenvalue weighted by Gasteiger charge is -2.32. The lowest BCUT2D eigenvalue weighted by Crippen LogP contribution is -2.29. The molecule has 2 nitrogen and oxygen atoms in total. The summed E-state index contributed by atoms with van der Waals surface area (Å²) in [6.07, 6.45) is 7.30. The number of hydrogen-bond donors (Lipinski definition) is 1. The number of nitrogens with one attached hydrogen (secondary N) is 1. The van der Waals surface area contributed by atoms with Crippen molar-refractivity contribution in [1.29, 1.82) is 0 Å². The molecule has 1 aromatic heterocycles. The number of fused-ring (bicyclic) bond motifs is 1. The summed E-state index contributed by atoms with van der Waals surface area (Å²) < 4.78 is 0. The molecule has 1 aliphatic carbocycles. The van der Waals surface area contributed by atoms with Crippen molar-refractivity contribution < 1.29 is 0 Å². The Morgan fingerprint density at radius 1 is 1.20 bits per heavy atom. The molecule has 3 rings (SSSR count). The third-order valence-corrected chi connectivity index (χ3v) is 4.62. The van der Waals surface area contributed by atoms with Gasteiger partial charge in [-0.2, -0.15) is 0 Å². The first kappa shape index (κ1) is 13.4. The molecule has 2 unspecified atom stereocenters. The monoisotopic (exact) mass is 268 g/mol. The van der Waals surface area contributed by atoms with E-state index in [4.69, 9.17) is 0 Å². The van der Waals surface area contributed by atoms with Gasteiger partial charge in [-0.15, -0.1) is 0 Å². The van der Waals surface area contributed by atoms with Gasteiger partial charge in [-0.05, 0) is 36.8 Å². The predicted molar refractivity (Wildman–Crippen MR) is 85.9 cm³/mol. The highest BCUT2D eigenvalue weighted by Crippen LogP contribution is 2.31. The van der Waals surface area contributed by atoms with Gasteiger partial charge in [0.2, 0.25) is 0 Å². The summed E-state index contributed by atoms with van der Waals surface area (Å²) in [5.74, 6) is 1.67. The lowest BCUT2D eigenvalue weighted by molar-refractivity contribution is 0.264. The first-order valence-electron chi connectivity index (χ1n) is 7.83. The topological polar surface area (TPSA) is 24.9 Å². The normalized spacial score (nSPS) is 23.1. The highest BCUT2D eigenvalue weighted by Gasteiger charge is 2.23. The van der Waals surface area contributed by atoms with Crippen molar-refractivity contribution in [3.05, 3.63) is 36.5 Å². The first-order chi connectivity index (χ1) is 9.72. The zero-order chi connectivity index (χ0) is 13.9. The van der Waals surface area contributed by atoms with Gasteiger partial charge in [0.15, 0.2) is 0 Å². The minimum absolute atomic E-state index is 0.610. The quantitative estimate of drug-likeness (QED) is 0.859. The van der Waals surface area contributed by atoms with Gasteiger partial charge in [0.25, 0.3) is 0 Å². The maximum Gasteiger partial charge on any atom is 0.0703 e. The summed E-state index contributed by atoms with van der Waals surface area (Å²) in [6, 6.07) is 11.1. The number of rotatable bonds is 3. The van der Waals surface area contributed by atoms with Crippen molar-refractivity contribution in [2.24, 2.45) is 11.8 Å². The molecule has 2 aromatic rings. The molecule has 1 aromatic carbocycles. The van der Waals surface area contributed by atoms with Crippen LogP contribution in [0.25, 0.3) is 10.9 Å². The van der Waals surface area contributed by atoms with E-state index in [1.54, 1.807) is 0 Å². The fourth-order valence-corrected chi connectivity index (χ4v) is 3.35.